The first-order valence-corrected chi connectivity index (χ1v) is 8.61. The van der Waals surface area contributed by atoms with Crippen molar-refractivity contribution in [2.75, 3.05) is 7.11 Å². The maximum absolute atomic E-state index is 10.4. The lowest BCUT2D eigenvalue weighted by atomic mass is 9.67. The van der Waals surface area contributed by atoms with Gasteiger partial charge in [0.25, 0.3) is 0 Å². The van der Waals surface area contributed by atoms with Crippen molar-refractivity contribution in [2.24, 2.45) is 17.3 Å². The van der Waals surface area contributed by atoms with Crippen molar-refractivity contribution < 1.29 is 9.84 Å². The summed E-state index contributed by atoms with van der Waals surface area (Å²) >= 11 is 3.62. The highest BCUT2D eigenvalue weighted by Crippen LogP contribution is 2.42. The van der Waals surface area contributed by atoms with E-state index in [1.54, 1.807) is 7.11 Å². The Morgan fingerprint density at radius 2 is 2.00 bits per heavy atom. The van der Waals surface area contributed by atoms with Gasteiger partial charge in [-0.2, -0.15) is 0 Å². The van der Waals surface area contributed by atoms with Gasteiger partial charge in [0.05, 0.1) is 13.2 Å². The summed E-state index contributed by atoms with van der Waals surface area (Å²) in [6, 6.07) is 6.07. The van der Waals surface area contributed by atoms with Gasteiger partial charge in [-0.15, -0.1) is 0 Å². The molecule has 3 unspecified atom stereocenters. The second-order valence-corrected chi connectivity index (χ2v) is 8.22. The largest absolute Gasteiger partial charge is 0.497 e. The lowest BCUT2D eigenvalue weighted by Gasteiger charge is -2.40. The lowest BCUT2D eigenvalue weighted by molar-refractivity contribution is 0.0195. The molecule has 1 aliphatic carbocycles. The minimum absolute atomic E-state index is 0.179. The van der Waals surface area contributed by atoms with Gasteiger partial charge in [-0.25, -0.2) is 0 Å². The fraction of sp³-hybridized carbons (Fsp3) is 0.667. The number of aliphatic hydroxyl groups excluding tert-OH is 1. The minimum Gasteiger partial charge on any atom is -0.497 e. The van der Waals surface area contributed by atoms with Crippen LogP contribution in [-0.2, 0) is 6.42 Å². The average molecular weight is 355 g/mol. The van der Waals surface area contributed by atoms with Crippen molar-refractivity contribution in [1.29, 1.82) is 0 Å². The molecule has 0 radical (unpaired) electrons. The quantitative estimate of drug-likeness (QED) is 0.842. The van der Waals surface area contributed by atoms with Gasteiger partial charge in [0, 0.05) is 4.47 Å². The Bertz CT molecular complexity index is 479. The molecule has 3 atom stereocenters. The van der Waals surface area contributed by atoms with Crippen LogP contribution < -0.4 is 4.74 Å². The van der Waals surface area contributed by atoms with E-state index in [0.717, 1.165) is 35.9 Å². The lowest BCUT2D eigenvalue weighted by Crippen LogP contribution is -2.35. The summed E-state index contributed by atoms with van der Waals surface area (Å²) in [4.78, 5) is 0. The van der Waals surface area contributed by atoms with E-state index in [-0.39, 0.29) is 6.10 Å². The molecule has 118 valence electrons. The molecule has 1 N–H and O–H groups in total. The van der Waals surface area contributed by atoms with Gasteiger partial charge in [-0.3, -0.25) is 0 Å². The highest BCUT2D eigenvalue weighted by molar-refractivity contribution is 9.10. The van der Waals surface area contributed by atoms with Crippen molar-refractivity contribution in [2.45, 2.75) is 52.6 Å². The van der Waals surface area contributed by atoms with Crippen molar-refractivity contribution in [3.8, 4) is 5.75 Å². The molecular weight excluding hydrogens is 328 g/mol. The van der Waals surface area contributed by atoms with Gasteiger partial charge in [-0.05, 0) is 66.7 Å². The zero-order valence-corrected chi connectivity index (χ0v) is 15.1. The van der Waals surface area contributed by atoms with E-state index >= 15 is 0 Å². The molecule has 0 aromatic heterocycles. The molecule has 21 heavy (non-hydrogen) atoms. The third-order valence-electron chi connectivity index (χ3n) is 4.90. The molecular formula is C18H27BrO2. The molecule has 1 aromatic carbocycles. The first kappa shape index (κ1) is 16.8. The van der Waals surface area contributed by atoms with Crippen LogP contribution in [0.2, 0.25) is 0 Å². The van der Waals surface area contributed by atoms with Crippen molar-refractivity contribution >= 4 is 15.9 Å². The van der Waals surface area contributed by atoms with E-state index < -0.39 is 0 Å². The normalized spacial score (nSPS) is 26.7. The number of rotatable bonds is 3. The molecule has 0 spiro atoms. The van der Waals surface area contributed by atoms with Gasteiger partial charge in [-0.1, -0.05) is 36.7 Å². The monoisotopic (exact) mass is 354 g/mol. The Kier molecular flexibility index (Phi) is 5.37. The molecule has 0 heterocycles. The van der Waals surface area contributed by atoms with Crippen LogP contribution in [0.5, 0.6) is 5.75 Å². The van der Waals surface area contributed by atoms with E-state index in [1.807, 2.05) is 12.1 Å². The Morgan fingerprint density at radius 3 is 2.62 bits per heavy atom. The highest BCUT2D eigenvalue weighted by Gasteiger charge is 2.35. The number of methoxy groups -OCH3 is 1. The molecule has 0 saturated heterocycles. The molecule has 1 aliphatic rings. The fourth-order valence-electron chi connectivity index (χ4n) is 3.37. The molecule has 1 fully saturated rings. The van der Waals surface area contributed by atoms with Crippen LogP contribution in [0.15, 0.2) is 22.7 Å². The van der Waals surface area contributed by atoms with E-state index in [1.165, 1.54) is 5.56 Å². The second kappa shape index (κ2) is 6.70. The summed E-state index contributed by atoms with van der Waals surface area (Å²) in [5.74, 6) is 1.91. The molecule has 0 aliphatic heterocycles. The topological polar surface area (TPSA) is 29.5 Å². The number of hydrogen-bond donors (Lipinski definition) is 1. The third-order valence-corrected chi connectivity index (χ3v) is 5.68. The molecule has 1 saturated carbocycles. The predicted octanol–water partition coefficient (Wildman–Crippen LogP) is 4.82. The van der Waals surface area contributed by atoms with Gasteiger partial charge in [0.2, 0.25) is 0 Å². The third kappa shape index (κ3) is 4.23. The van der Waals surface area contributed by atoms with Crippen molar-refractivity contribution in [3.05, 3.63) is 28.2 Å². The maximum Gasteiger partial charge on any atom is 0.119 e. The molecule has 1 aromatic rings. The van der Waals surface area contributed by atoms with Gasteiger partial charge in [0.15, 0.2) is 0 Å². The minimum atomic E-state index is -0.179. The van der Waals surface area contributed by atoms with Crippen LogP contribution in [0.25, 0.3) is 0 Å². The summed E-state index contributed by atoms with van der Waals surface area (Å²) in [6.07, 6.45) is 3.90. The molecule has 3 heteroatoms. The average Bonchev–Trinajstić information content (AvgIpc) is 2.42. The number of halogens is 1. The standard InChI is InChI=1S/C18H27BrO2/c1-18(2,3)14-5-8-17(20)13(10-14)9-12-11-15(21-4)6-7-16(12)19/h6-7,11,13-14,17,20H,5,8-10H2,1-4H3. The molecule has 2 rings (SSSR count). The Balaban J connectivity index is 2.13. The first-order valence-electron chi connectivity index (χ1n) is 7.81. The van der Waals surface area contributed by atoms with Crippen LogP contribution in [0, 0.1) is 17.3 Å². The first-order chi connectivity index (χ1) is 9.81. The molecule has 0 amide bonds. The van der Waals surface area contributed by atoms with Gasteiger partial charge < -0.3 is 9.84 Å². The van der Waals surface area contributed by atoms with Crippen LogP contribution >= 0.6 is 15.9 Å². The Hall–Kier alpha value is -0.540. The second-order valence-electron chi connectivity index (χ2n) is 7.36. The summed E-state index contributed by atoms with van der Waals surface area (Å²) < 4.78 is 6.42. The summed E-state index contributed by atoms with van der Waals surface area (Å²) in [5.41, 5.74) is 1.55. The SMILES string of the molecule is COc1ccc(Br)c(CC2CC(C(C)(C)C)CCC2O)c1. The van der Waals surface area contributed by atoms with Gasteiger partial charge in [0.1, 0.15) is 5.75 Å². The molecule has 0 bridgehead atoms. The van der Waals surface area contributed by atoms with E-state index in [9.17, 15) is 5.11 Å². The zero-order chi connectivity index (χ0) is 15.6. The zero-order valence-electron chi connectivity index (χ0n) is 13.5. The Morgan fingerprint density at radius 1 is 1.29 bits per heavy atom. The predicted molar refractivity (Wildman–Crippen MR) is 90.7 cm³/mol. The van der Waals surface area contributed by atoms with Crippen molar-refractivity contribution in [3.63, 3.8) is 0 Å². The Labute approximate surface area is 137 Å². The van der Waals surface area contributed by atoms with Gasteiger partial charge >= 0.3 is 0 Å². The molecule has 2 nitrogen and oxygen atoms in total. The van der Waals surface area contributed by atoms with E-state index in [2.05, 4.69) is 42.8 Å². The highest BCUT2D eigenvalue weighted by atomic mass is 79.9. The van der Waals surface area contributed by atoms with E-state index in [0.29, 0.717) is 17.3 Å². The van der Waals surface area contributed by atoms with Crippen LogP contribution in [0.4, 0.5) is 0 Å². The fourth-order valence-corrected chi connectivity index (χ4v) is 3.78. The van der Waals surface area contributed by atoms with Crippen LogP contribution in [-0.4, -0.2) is 18.3 Å². The van der Waals surface area contributed by atoms with Crippen LogP contribution in [0.1, 0.15) is 45.6 Å². The van der Waals surface area contributed by atoms with E-state index in [4.69, 9.17) is 4.74 Å². The number of hydrogen-bond acceptors (Lipinski definition) is 2. The number of ether oxygens (including phenoxy) is 1. The smallest absolute Gasteiger partial charge is 0.119 e. The summed E-state index contributed by atoms with van der Waals surface area (Å²) in [7, 11) is 1.69. The van der Waals surface area contributed by atoms with Crippen molar-refractivity contribution in [1.82, 2.24) is 0 Å². The maximum atomic E-state index is 10.4. The van der Waals surface area contributed by atoms with Crippen LogP contribution in [0.3, 0.4) is 0 Å². The summed E-state index contributed by atoms with van der Waals surface area (Å²) in [5, 5.41) is 10.4. The summed E-state index contributed by atoms with van der Waals surface area (Å²) in [6.45, 7) is 6.94. The number of aliphatic hydroxyl groups is 1. The number of benzene rings is 1.